The number of hydrogen-bond donors (Lipinski definition) is 2. The molecule has 0 atom stereocenters. The van der Waals surface area contributed by atoms with Crippen molar-refractivity contribution in [3.63, 3.8) is 0 Å². The lowest BCUT2D eigenvalue weighted by molar-refractivity contribution is -0.131. The van der Waals surface area contributed by atoms with Crippen LogP contribution in [0.3, 0.4) is 0 Å². The Morgan fingerprint density at radius 1 is 0.974 bits per heavy atom. The van der Waals surface area contributed by atoms with E-state index < -0.39 is 11.7 Å². The molecular formula is C29H32N4O6. The van der Waals surface area contributed by atoms with Gasteiger partial charge in [-0.15, -0.1) is 0 Å². The largest absolute Gasteiger partial charge is 0.496 e. The van der Waals surface area contributed by atoms with Gasteiger partial charge in [0.15, 0.2) is 0 Å². The van der Waals surface area contributed by atoms with Crippen molar-refractivity contribution in [3.05, 3.63) is 70.1 Å². The van der Waals surface area contributed by atoms with E-state index >= 15 is 0 Å². The Bertz CT molecular complexity index is 1600. The van der Waals surface area contributed by atoms with Crippen LogP contribution in [0.25, 0.3) is 21.8 Å². The summed E-state index contributed by atoms with van der Waals surface area (Å²) >= 11 is 0. The Balaban J connectivity index is 1.51. The normalized spacial score (nSPS) is 11.0. The SMILES string of the molecule is CCN(CC)C(=O)Cn1cc(C(=O)C(=O)NCCc2cc3c(OC)ccc(OC)c3[nH]c2=O)c2ccccc21. The number of ketones is 1. The van der Waals surface area contributed by atoms with E-state index in [0.29, 0.717) is 52.0 Å². The molecule has 0 spiro atoms. The van der Waals surface area contributed by atoms with Crippen LogP contribution < -0.4 is 20.3 Å². The minimum Gasteiger partial charge on any atom is -0.496 e. The summed E-state index contributed by atoms with van der Waals surface area (Å²) in [5, 5.41) is 3.89. The molecule has 2 amide bonds. The first-order valence-corrected chi connectivity index (χ1v) is 12.8. The van der Waals surface area contributed by atoms with Gasteiger partial charge in [-0.05, 0) is 44.5 Å². The summed E-state index contributed by atoms with van der Waals surface area (Å²) in [6.07, 6.45) is 1.76. The quantitative estimate of drug-likeness (QED) is 0.226. The van der Waals surface area contributed by atoms with Crippen molar-refractivity contribution in [3.8, 4) is 11.5 Å². The highest BCUT2D eigenvalue weighted by Gasteiger charge is 2.23. The Hall–Kier alpha value is -4.60. The number of aromatic amines is 1. The van der Waals surface area contributed by atoms with Crippen molar-refractivity contribution in [2.24, 2.45) is 0 Å². The van der Waals surface area contributed by atoms with Crippen LogP contribution in [0, 0.1) is 0 Å². The third-order valence-corrected chi connectivity index (χ3v) is 6.80. The van der Waals surface area contributed by atoms with Gasteiger partial charge in [0, 0.05) is 47.7 Å². The zero-order chi connectivity index (χ0) is 28.1. The third kappa shape index (κ3) is 5.50. The van der Waals surface area contributed by atoms with Gasteiger partial charge in [-0.1, -0.05) is 18.2 Å². The van der Waals surface area contributed by atoms with Crippen molar-refractivity contribution in [2.75, 3.05) is 33.9 Å². The molecule has 2 N–H and O–H groups in total. The number of nitrogens with zero attached hydrogens (tertiary/aromatic N) is 2. The molecule has 4 aromatic rings. The smallest absolute Gasteiger partial charge is 0.292 e. The first-order chi connectivity index (χ1) is 18.8. The number of carbonyl (C=O) groups excluding carboxylic acids is 3. The molecule has 2 aromatic heterocycles. The molecular weight excluding hydrogens is 500 g/mol. The fourth-order valence-corrected chi connectivity index (χ4v) is 4.71. The number of ether oxygens (including phenoxy) is 2. The number of likely N-dealkylation sites (N-methyl/N-ethyl adjacent to an activating group) is 1. The number of pyridine rings is 1. The summed E-state index contributed by atoms with van der Waals surface area (Å²) in [7, 11) is 3.05. The molecule has 204 valence electrons. The molecule has 2 aromatic carbocycles. The monoisotopic (exact) mass is 532 g/mol. The van der Waals surface area contributed by atoms with Gasteiger partial charge in [0.1, 0.15) is 18.0 Å². The third-order valence-electron chi connectivity index (χ3n) is 6.80. The number of amides is 2. The second-order valence-corrected chi connectivity index (χ2v) is 8.97. The maximum atomic E-state index is 13.1. The highest BCUT2D eigenvalue weighted by atomic mass is 16.5. The lowest BCUT2D eigenvalue weighted by atomic mass is 10.1. The average Bonchev–Trinajstić information content (AvgIpc) is 3.31. The zero-order valence-electron chi connectivity index (χ0n) is 22.5. The number of H-pyrrole nitrogens is 1. The summed E-state index contributed by atoms with van der Waals surface area (Å²) in [6, 6.07) is 12.3. The Kier molecular flexibility index (Phi) is 8.33. The number of carbonyl (C=O) groups is 3. The Labute approximate surface area is 225 Å². The van der Waals surface area contributed by atoms with Gasteiger partial charge in [-0.2, -0.15) is 0 Å². The standard InChI is InChI=1S/C29H32N4O6/c1-5-32(6-2)25(34)17-33-16-21(19-9-7-8-10-22(19)33)27(35)29(37)30-14-13-18-15-20-23(38-3)11-12-24(39-4)26(20)31-28(18)36/h7-12,15-16H,5-6,13-14,17H2,1-4H3,(H,30,37)(H,31,36). The second kappa shape index (κ2) is 11.8. The first kappa shape index (κ1) is 27.4. The number of rotatable bonds is 11. The first-order valence-electron chi connectivity index (χ1n) is 12.8. The zero-order valence-corrected chi connectivity index (χ0v) is 22.5. The molecule has 0 radical (unpaired) electrons. The summed E-state index contributed by atoms with van der Waals surface area (Å²) in [6.45, 7) is 5.13. The second-order valence-electron chi connectivity index (χ2n) is 8.97. The number of hydrogen-bond acceptors (Lipinski definition) is 6. The number of aromatic nitrogens is 2. The summed E-state index contributed by atoms with van der Waals surface area (Å²) in [5.41, 5.74) is 1.53. The number of fused-ring (bicyclic) bond motifs is 2. The fraction of sp³-hybridized carbons (Fsp3) is 0.310. The molecule has 0 bridgehead atoms. The van der Waals surface area contributed by atoms with Gasteiger partial charge in [0.25, 0.3) is 17.2 Å². The number of benzene rings is 2. The number of methoxy groups -OCH3 is 2. The molecule has 39 heavy (non-hydrogen) atoms. The highest BCUT2D eigenvalue weighted by molar-refractivity contribution is 6.45. The summed E-state index contributed by atoms with van der Waals surface area (Å²) in [4.78, 5) is 55.9. The van der Waals surface area contributed by atoms with Gasteiger partial charge in [0.2, 0.25) is 5.91 Å². The van der Waals surface area contributed by atoms with Crippen LogP contribution in [-0.4, -0.2) is 65.9 Å². The van der Waals surface area contributed by atoms with Gasteiger partial charge in [0.05, 0.1) is 25.3 Å². The minimum absolute atomic E-state index is 0.0656. The fourth-order valence-electron chi connectivity index (χ4n) is 4.71. The number of nitrogens with one attached hydrogen (secondary N) is 2. The number of Topliss-reactive ketones (excluding diaryl/α,β-unsaturated/α-hetero) is 1. The summed E-state index contributed by atoms with van der Waals surface area (Å²) < 4.78 is 12.5. The van der Waals surface area contributed by atoms with Gasteiger partial charge >= 0.3 is 0 Å². The van der Waals surface area contributed by atoms with Gasteiger partial charge < -0.3 is 29.2 Å². The van der Waals surface area contributed by atoms with Crippen LogP contribution in [0.1, 0.15) is 29.8 Å². The van der Waals surface area contributed by atoms with E-state index in [0.717, 1.165) is 0 Å². The predicted octanol–water partition coefficient (Wildman–Crippen LogP) is 2.91. The molecule has 0 aliphatic carbocycles. The summed E-state index contributed by atoms with van der Waals surface area (Å²) in [5.74, 6) is -0.493. The van der Waals surface area contributed by atoms with Crippen LogP contribution in [0.15, 0.2) is 53.5 Å². The van der Waals surface area contributed by atoms with Crippen LogP contribution in [0.5, 0.6) is 11.5 Å². The van der Waals surface area contributed by atoms with Crippen molar-refractivity contribution < 1.29 is 23.9 Å². The molecule has 0 fully saturated rings. The molecule has 4 rings (SSSR count). The van der Waals surface area contributed by atoms with E-state index in [1.165, 1.54) is 14.2 Å². The van der Waals surface area contributed by atoms with E-state index in [1.54, 1.807) is 46.0 Å². The maximum absolute atomic E-state index is 13.1. The van der Waals surface area contributed by atoms with E-state index in [2.05, 4.69) is 10.3 Å². The predicted molar refractivity (Wildman–Crippen MR) is 149 cm³/mol. The van der Waals surface area contributed by atoms with E-state index in [1.807, 2.05) is 26.0 Å². The van der Waals surface area contributed by atoms with Crippen molar-refractivity contribution >= 4 is 39.4 Å². The molecule has 0 saturated carbocycles. The number of para-hydroxylation sites is 1. The molecule has 10 heteroatoms. The lowest BCUT2D eigenvalue weighted by Crippen LogP contribution is -2.34. The minimum atomic E-state index is -0.788. The Morgan fingerprint density at radius 2 is 1.67 bits per heavy atom. The topological polar surface area (TPSA) is 123 Å². The van der Waals surface area contributed by atoms with E-state index in [-0.39, 0.29) is 36.5 Å². The molecule has 2 heterocycles. The van der Waals surface area contributed by atoms with Crippen molar-refractivity contribution in [2.45, 2.75) is 26.8 Å². The van der Waals surface area contributed by atoms with E-state index in [9.17, 15) is 19.2 Å². The van der Waals surface area contributed by atoms with Crippen LogP contribution in [0.2, 0.25) is 0 Å². The van der Waals surface area contributed by atoms with Crippen molar-refractivity contribution in [1.29, 1.82) is 0 Å². The van der Waals surface area contributed by atoms with E-state index in [4.69, 9.17) is 9.47 Å². The van der Waals surface area contributed by atoms with Crippen LogP contribution in [0.4, 0.5) is 0 Å². The maximum Gasteiger partial charge on any atom is 0.292 e. The Morgan fingerprint density at radius 3 is 2.36 bits per heavy atom. The average molecular weight is 533 g/mol. The van der Waals surface area contributed by atoms with Crippen LogP contribution >= 0.6 is 0 Å². The van der Waals surface area contributed by atoms with Crippen LogP contribution in [-0.2, 0) is 22.6 Å². The molecule has 0 aliphatic rings. The van der Waals surface area contributed by atoms with Gasteiger partial charge in [-0.3, -0.25) is 19.2 Å². The highest BCUT2D eigenvalue weighted by Crippen LogP contribution is 2.31. The molecule has 0 aliphatic heterocycles. The molecule has 0 unspecified atom stereocenters. The molecule has 10 nitrogen and oxygen atoms in total. The molecule has 0 saturated heterocycles. The van der Waals surface area contributed by atoms with Crippen molar-refractivity contribution in [1.82, 2.24) is 19.8 Å². The van der Waals surface area contributed by atoms with Gasteiger partial charge in [-0.25, -0.2) is 0 Å². The lowest BCUT2D eigenvalue weighted by Gasteiger charge is -2.19.